The second-order valence-electron chi connectivity index (χ2n) is 4.35. The number of ether oxygens (including phenoxy) is 1. The highest BCUT2D eigenvalue weighted by Crippen LogP contribution is 2.14. The third-order valence-corrected chi connectivity index (χ3v) is 2.98. The number of methoxy groups -OCH3 is 1. The van der Waals surface area contributed by atoms with Gasteiger partial charge in [-0.05, 0) is 36.2 Å². The van der Waals surface area contributed by atoms with Crippen molar-refractivity contribution in [3.05, 3.63) is 59.0 Å². The number of aromatic nitrogens is 1. The van der Waals surface area contributed by atoms with E-state index in [0.717, 1.165) is 16.7 Å². The third-order valence-electron chi connectivity index (χ3n) is 2.98. The maximum atomic E-state index is 13.0. The Morgan fingerprint density at radius 3 is 2.74 bits per heavy atom. The average Bonchev–Trinajstić information content (AvgIpc) is 2.42. The van der Waals surface area contributed by atoms with Gasteiger partial charge in [-0.3, -0.25) is 0 Å². The Labute approximate surface area is 112 Å². The molecule has 0 bridgehead atoms. The molecule has 1 aromatic carbocycles. The van der Waals surface area contributed by atoms with Gasteiger partial charge in [-0.1, -0.05) is 12.1 Å². The minimum atomic E-state index is -0.199. The number of nitrogens with zero attached hydrogens (tertiary/aromatic N) is 1. The van der Waals surface area contributed by atoms with Gasteiger partial charge in [-0.2, -0.15) is 0 Å². The van der Waals surface area contributed by atoms with Crippen LogP contribution in [0.2, 0.25) is 0 Å². The summed E-state index contributed by atoms with van der Waals surface area (Å²) in [6, 6.07) is 8.67. The highest BCUT2D eigenvalue weighted by molar-refractivity contribution is 5.27. The lowest BCUT2D eigenvalue weighted by molar-refractivity contribution is 0.390. The SMILES string of the molecule is COc1ncccc1CNCc1ccc(F)cc1C. The molecule has 1 heterocycles. The van der Waals surface area contributed by atoms with E-state index in [4.69, 9.17) is 4.74 Å². The second-order valence-corrected chi connectivity index (χ2v) is 4.35. The molecule has 1 N–H and O–H groups in total. The molecule has 0 atom stereocenters. The standard InChI is InChI=1S/C15H17FN2O/c1-11-8-14(16)6-5-12(11)9-17-10-13-4-3-7-18-15(13)19-2/h3-8,17H,9-10H2,1-2H3. The third kappa shape index (κ3) is 3.51. The molecule has 19 heavy (non-hydrogen) atoms. The molecule has 0 aliphatic carbocycles. The first-order valence-corrected chi connectivity index (χ1v) is 6.14. The zero-order chi connectivity index (χ0) is 13.7. The molecule has 1 aromatic heterocycles. The second kappa shape index (κ2) is 6.29. The van der Waals surface area contributed by atoms with Gasteiger partial charge in [0.15, 0.2) is 0 Å². The van der Waals surface area contributed by atoms with Crippen LogP contribution in [0, 0.1) is 12.7 Å². The largest absolute Gasteiger partial charge is 0.481 e. The summed E-state index contributed by atoms with van der Waals surface area (Å²) < 4.78 is 18.2. The zero-order valence-electron chi connectivity index (χ0n) is 11.1. The first-order valence-electron chi connectivity index (χ1n) is 6.14. The molecule has 0 aliphatic rings. The number of pyridine rings is 1. The molecule has 0 fully saturated rings. The monoisotopic (exact) mass is 260 g/mol. The van der Waals surface area contributed by atoms with E-state index in [0.29, 0.717) is 19.0 Å². The quantitative estimate of drug-likeness (QED) is 0.897. The van der Waals surface area contributed by atoms with Crippen molar-refractivity contribution in [1.29, 1.82) is 0 Å². The van der Waals surface area contributed by atoms with Crippen LogP contribution < -0.4 is 10.1 Å². The van der Waals surface area contributed by atoms with E-state index >= 15 is 0 Å². The lowest BCUT2D eigenvalue weighted by Crippen LogP contribution is -2.14. The summed E-state index contributed by atoms with van der Waals surface area (Å²) in [5.41, 5.74) is 3.04. The summed E-state index contributed by atoms with van der Waals surface area (Å²) in [6.07, 6.45) is 1.70. The molecule has 0 spiro atoms. The van der Waals surface area contributed by atoms with E-state index in [-0.39, 0.29) is 5.82 Å². The number of nitrogens with one attached hydrogen (secondary N) is 1. The van der Waals surface area contributed by atoms with Crippen molar-refractivity contribution in [2.75, 3.05) is 7.11 Å². The van der Waals surface area contributed by atoms with E-state index in [1.165, 1.54) is 6.07 Å². The fourth-order valence-corrected chi connectivity index (χ4v) is 1.93. The summed E-state index contributed by atoms with van der Waals surface area (Å²) in [4.78, 5) is 4.14. The van der Waals surface area contributed by atoms with Crippen molar-refractivity contribution >= 4 is 0 Å². The van der Waals surface area contributed by atoms with Crippen LogP contribution in [0.4, 0.5) is 4.39 Å². The van der Waals surface area contributed by atoms with Crippen LogP contribution in [0.15, 0.2) is 36.5 Å². The van der Waals surface area contributed by atoms with Crippen LogP contribution in [0.5, 0.6) is 5.88 Å². The topological polar surface area (TPSA) is 34.1 Å². The molecule has 0 aliphatic heterocycles. The van der Waals surface area contributed by atoms with Gasteiger partial charge in [-0.25, -0.2) is 9.37 Å². The predicted octanol–water partition coefficient (Wildman–Crippen LogP) is 2.83. The minimum absolute atomic E-state index is 0.199. The molecule has 0 saturated heterocycles. The molecule has 0 amide bonds. The van der Waals surface area contributed by atoms with Gasteiger partial charge in [0.1, 0.15) is 5.82 Å². The Morgan fingerprint density at radius 1 is 1.21 bits per heavy atom. The van der Waals surface area contributed by atoms with Gasteiger partial charge in [0.2, 0.25) is 5.88 Å². The molecule has 100 valence electrons. The lowest BCUT2D eigenvalue weighted by atomic mass is 10.1. The average molecular weight is 260 g/mol. The van der Waals surface area contributed by atoms with Crippen LogP contribution in [-0.2, 0) is 13.1 Å². The van der Waals surface area contributed by atoms with Crippen molar-refractivity contribution in [3.63, 3.8) is 0 Å². The Hall–Kier alpha value is -1.94. The highest BCUT2D eigenvalue weighted by atomic mass is 19.1. The molecule has 0 radical (unpaired) electrons. The number of hydrogen-bond donors (Lipinski definition) is 1. The summed E-state index contributed by atoms with van der Waals surface area (Å²) in [7, 11) is 1.61. The molecule has 2 aromatic rings. The van der Waals surface area contributed by atoms with Crippen LogP contribution >= 0.6 is 0 Å². The number of hydrogen-bond acceptors (Lipinski definition) is 3. The van der Waals surface area contributed by atoms with E-state index < -0.39 is 0 Å². The van der Waals surface area contributed by atoms with Gasteiger partial charge in [0.05, 0.1) is 7.11 Å². The van der Waals surface area contributed by atoms with Crippen LogP contribution in [-0.4, -0.2) is 12.1 Å². The smallest absolute Gasteiger partial charge is 0.217 e. The molecule has 4 heteroatoms. The van der Waals surface area contributed by atoms with Crippen molar-refractivity contribution < 1.29 is 9.13 Å². The molecular formula is C15H17FN2O. The first kappa shape index (κ1) is 13.5. The summed E-state index contributed by atoms with van der Waals surface area (Å²) in [6.45, 7) is 3.25. The van der Waals surface area contributed by atoms with Crippen molar-refractivity contribution in [3.8, 4) is 5.88 Å². The van der Waals surface area contributed by atoms with Crippen molar-refractivity contribution in [1.82, 2.24) is 10.3 Å². The van der Waals surface area contributed by atoms with E-state index in [9.17, 15) is 4.39 Å². The molecule has 0 unspecified atom stereocenters. The maximum Gasteiger partial charge on any atom is 0.217 e. The fraction of sp³-hybridized carbons (Fsp3) is 0.267. The lowest BCUT2D eigenvalue weighted by Gasteiger charge is -2.10. The van der Waals surface area contributed by atoms with Crippen molar-refractivity contribution in [2.45, 2.75) is 20.0 Å². The molecule has 2 rings (SSSR count). The number of halogens is 1. The van der Waals surface area contributed by atoms with Gasteiger partial charge >= 0.3 is 0 Å². The number of benzene rings is 1. The van der Waals surface area contributed by atoms with E-state index in [1.54, 1.807) is 25.4 Å². The van der Waals surface area contributed by atoms with Crippen LogP contribution in [0.3, 0.4) is 0 Å². The number of rotatable bonds is 5. The van der Waals surface area contributed by atoms with E-state index in [1.807, 2.05) is 19.1 Å². The maximum absolute atomic E-state index is 13.0. The minimum Gasteiger partial charge on any atom is -0.481 e. The van der Waals surface area contributed by atoms with Crippen LogP contribution in [0.1, 0.15) is 16.7 Å². The van der Waals surface area contributed by atoms with Gasteiger partial charge in [0.25, 0.3) is 0 Å². The Balaban J connectivity index is 1.96. The summed E-state index contributed by atoms with van der Waals surface area (Å²) in [5, 5.41) is 3.31. The van der Waals surface area contributed by atoms with E-state index in [2.05, 4.69) is 10.3 Å². The Kier molecular flexibility index (Phi) is 4.47. The highest BCUT2D eigenvalue weighted by Gasteiger charge is 2.04. The van der Waals surface area contributed by atoms with Crippen LogP contribution in [0.25, 0.3) is 0 Å². The summed E-state index contributed by atoms with van der Waals surface area (Å²) >= 11 is 0. The first-order chi connectivity index (χ1) is 9.20. The predicted molar refractivity (Wildman–Crippen MR) is 72.5 cm³/mol. The summed E-state index contributed by atoms with van der Waals surface area (Å²) in [5.74, 6) is 0.431. The fourth-order valence-electron chi connectivity index (χ4n) is 1.93. The molecule has 3 nitrogen and oxygen atoms in total. The van der Waals surface area contributed by atoms with Gasteiger partial charge in [-0.15, -0.1) is 0 Å². The number of aryl methyl sites for hydroxylation is 1. The van der Waals surface area contributed by atoms with Gasteiger partial charge in [0, 0.05) is 24.8 Å². The molecular weight excluding hydrogens is 243 g/mol. The zero-order valence-corrected chi connectivity index (χ0v) is 11.1. The molecule has 0 saturated carbocycles. The van der Waals surface area contributed by atoms with Crippen molar-refractivity contribution in [2.24, 2.45) is 0 Å². The van der Waals surface area contributed by atoms with Gasteiger partial charge < -0.3 is 10.1 Å². The normalized spacial score (nSPS) is 10.5. The Morgan fingerprint density at radius 2 is 2.00 bits per heavy atom. The Bertz CT molecular complexity index is 558.